The Labute approximate surface area is 62.2 Å². The molecule has 0 amide bonds. The van der Waals surface area contributed by atoms with E-state index >= 15 is 0 Å². The molecule has 1 saturated heterocycles. The van der Waals surface area contributed by atoms with Gasteiger partial charge in [0.15, 0.2) is 0 Å². The first-order chi connectivity index (χ1) is 4.83. The van der Waals surface area contributed by atoms with E-state index in [1.807, 2.05) is 0 Å². The molecule has 0 aromatic rings. The van der Waals surface area contributed by atoms with Crippen LogP contribution in [0, 0.1) is 5.41 Å². The summed E-state index contributed by atoms with van der Waals surface area (Å²) in [7, 11) is 0. The summed E-state index contributed by atoms with van der Waals surface area (Å²) >= 11 is 0. The van der Waals surface area contributed by atoms with Gasteiger partial charge in [-0.25, -0.2) is 0 Å². The lowest BCUT2D eigenvalue weighted by Crippen LogP contribution is -2.41. The topological polar surface area (TPSA) is 12.0 Å². The van der Waals surface area contributed by atoms with Gasteiger partial charge in [-0.05, 0) is 43.9 Å². The Morgan fingerprint density at radius 1 is 0.800 bits per heavy atom. The average Bonchev–Trinajstić information content (AvgIpc) is 2.75. The average molecular weight is 137 g/mol. The van der Waals surface area contributed by atoms with E-state index in [0.717, 1.165) is 5.41 Å². The monoisotopic (exact) mass is 137 g/mol. The molecule has 1 heteroatoms. The van der Waals surface area contributed by atoms with Gasteiger partial charge < -0.3 is 5.32 Å². The normalized spacial score (nSPS) is 38.4. The molecular weight excluding hydrogens is 122 g/mol. The van der Waals surface area contributed by atoms with E-state index < -0.39 is 0 Å². The molecule has 0 unspecified atom stereocenters. The van der Waals surface area contributed by atoms with Gasteiger partial charge in [0.05, 0.1) is 0 Å². The summed E-state index contributed by atoms with van der Waals surface area (Å²) in [6, 6.07) is 0. The van der Waals surface area contributed by atoms with Gasteiger partial charge in [-0.15, -0.1) is 0 Å². The highest BCUT2D eigenvalue weighted by molar-refractivity contribution is 5.10. The minimum atomic E-state index is 0.674. The van der Waals surface area contributed by atoms with E-state index in [1.165, 1.54) is 45.1 Å². The zero-order chi connectivity index (χ0) is 6.66. The quantitative estimate of drug-likeness (QED) is 0.535. The van der Waals surface area contributed by atoms with Crippen LogP contribution in [0.15, 0.2) is 0 Å². The predicted molar refractivity (Wildman–Crippen MR) is 40.9 cm³/mol. The standard InChI is InChI=1S/C9H15N/c1-2-8(1)3-4-9(5-6-9)10-7-8/h10H,1-7H2. The van der Waals surface area contributed by atoms with E-state index in [2.05, 4.69) is 5.32 Å². The molecule has 3 aliphatic rings. The predicted octanol–water partition coefficient (Wildman–Crippen LogP) is 1.68. The van der Waals surface area contributed by atoms with E-state index in [4.69, 9.17) is 0 Å². The van der Waals surface area contributed by atoms with E-state index in [9.17, 15) is 0 Å². The smallest absolute Gasteiger partial charge is 0.0183 e. The summed E-state index contributed by atoms with van der Waals surface area (Å²) in [5.41, 5.74) is 1.49. The minimum Gasteiger partial charge on any atom is -0.311 e. The van der Waals surface area contributed by atoms with Crippen LogP contribution in [0.25, 0.3) is 0 Å². The molecule has 2 aliphatic carbocycles. The second kappa shape index (κ2) is 1.42. The van der Waals surface area contributed by atoms with Crippen LogP contribution in [0.4, 0.5) is 0 Å². The van der Waals surface area contributed by atoms with Gasteiger partial charge in [0, 0.05) is 12.1 Å². The summed E-state index contributed by atoms with van der Waals surface area (Å²) in [5, 5.41) is 3.72. The number of piperidine rings is 1. The van der Waals surface area contributed by atoms with Crippen molar-refractivity contribution in [2.24, 2.45) is 5.41 Å². The number of nitrogens with one attached hydrogen (secondary N) is 1. The van der Waals surface area contributed by atoms with Gasteiger partial charge in [-0.3, -0.25) is 0 Å². The van der Waals surface area contributed by atoms with E-state index in [-0.39, 0.29) is 0 Å². The Bertz CT molecular complexity index is 134. The van der Waals surface area contributed by atoms with E-state index in [1.54, 1.807) is 0 Å². The fourth-order valence-corrected chi connectivity index (χ4v) is 2.24. The maximum absolute atomic E-state index is 3.72. The molecule has 3 fully saturated rings. The largest absolute Gasteiger partial charge is 0.311 e. The lowest BCUT2D eigenvalue weighted by molar-refractivity contribution is 0.279. The van der Waals surface area contributed by atoms with Crippen molar-refractivity contribution in [1.82, 2.24) is 5.32 Å². The molecule has 0 atom stereocenters. The van der Waals surface area contributed by atoms with Crippen LogP contribution in [-0.4, -0.2) is 12.1 Å². The van der Waals surface area contributed by atoms with Crippen molar-refractivity contribution in [1.29, 1.82) is 0 Å². The molecule has 0 bridgehead atoms. The summed E-state index contributed by atoms with van der Waals surface area (Å²) < 4.78 is 0. The Balaban J connectivity index is 1.72. The van der Waals surface area contributed by atoms with Crippen LogP contribution < -0.4 is 5.32 Å². The van der Waals surface area contributed by atoms with Gasteiger partial charge in [0.25, 0.3) is 0 Å². The molecule has 3 rings (SSSR count). The summed E-state index contributed by atoms with van der Waals surface area (Å²) in [4.78, 5) is 0. The maximum Gasteiger partial charge on any atom is 0.0183 e. The zero-order valence-corrected chi connectivity index (χ0v) is 6.45. The first kappa shape index (κ1) is 5.59. The van der Waals surface area contributed by atoms with Crippen LogP contribution in [0.3, 0.4) is 0 Å². The van der Waals surface area contributed by atoms with Gasteiger partial charge in [-0.2, -0.15) is 0 Å². The van der Waals surface area contributed by atoms with Gasteiger partial charge >= 0.3 is 0 Å². The first-order valence-corrected chi connectivity index (χ1v) is 4.58. The Hall–Kier alpha value is -0.0400. The van der Waals surface area contributed by atoms with Gasteiger partial charge in [0.1, 0.15) is 0 Å². The summed E-state index contributed by atoms with van der Waals surface area (Å²) in [6.45, 7) is 1.34. The molecule has 1 aliphatic heterocycles. The molecule has 56 valence electrons. The van der Waals surface area contributed by atoms with Crippen molar-refractivity contribution in [2.45, 2.75) is 44.1 Å². The van der Waals surface area contributed by atoms with Gasteiger partial charge in [0.2, 0.25) is 0 Å². The highest BCUT2D eigenvalue weighted by atomic mass is 15.1. The van der Waals surface area contributed by atoms with Crippen molar-refractivity contribution >= 4 is 0 Å². The lowest BCUT2D eigenvalue weighted by Gasteiger charge is -2.29. The third kappa shape index (κ3) is 0.672. The fourth-order valence-electron chi connectivity index (χ4n) is 2.24. The van der Waals surface area contributed by atoms with Crippen LogP contribution in [0.1, 0.15) is 38.5 Å². The number of hydrogen-bond acceptors (Lipinski definition) is 1. The molecule has 1 heterocycles. The lowest BCUT2D eigenvalue weighted by atomic mass is 9.91. The van der Waals surface area contributed by atoms with Crippen molar-refractivity contribution in [3.8, 4) is 0 Å². The Kier molecular flexibility index (Phi) is 0.797. The highest BCUT2D eigenvalue weighted by Gasteiger charge is 2.53. The summed E-state index contributed by atoms with van der Waals surface area (Å²) in [6.07, 6.45) is 8.95. The first-order valence-electron chi connectivity index (χ1n) is 4.58. The van der Waals surface area contributed by atoms with E-state index in [0.29, 0.717) is 5.54 Å². The number of rotatable bonds is 0. The molecule has 1 N–H and O–H groups in total. The molecule has 0 radical (unpaired) electrons. The molecule has 2 saturated carbocycles. The molecular formula is C9H15N. The molecule has 10 heavy (non-hydrogen) atoms. The number of hydrogen-bond donors (Lipinski definition) is 1. The third-order valence-corrected chi connectivity index (χ3v) is 3.78. The van der Waals surface area contributed by atoms with Crippen LogP contribution in [0.5, 0.6) is 0 Å². The fraction of sp³-hybridized carbons (Fsp3) is 1.00. The van der Waals surface area contributed by atoms with Crippen molar-refractivity contribution < 1.29 is 0 Å². The Morgan fingerprint density at radius 3 is 1.80 bits per heavy atom. The SMILES string of the molecule is C1CC12CCC1(CC1)NC2. The van der Waals surface area contributed by atoms with Crippen LogP contribution in [0.2, 0.25) is 0 Å². The molecule has 0 aromatic heterocycles. The van der Waals surface area contributed by atoms with Crippen molar-refractivity contribution in [2.75, 3.05) is 6.54 Å². The maximum atomic E-state index is 3.72. The second-order valence-electron chi connectivity index (χ2n) is 4.63. The zero-order valence-electron chi connectivity index (χ0n) is 6.45. The minimum absolute atomic E-state index is 0.674. The Morgan fingerprint density at radius 2 is 1.40 bits per heavy atom. The molecule has 1 nitrogen and oxygen atoms in total. The van der Waals surface area contributed by atoms with Crippen molar-refractivity contribution in [3.05, 3.63) is 0 Å². The molecule has 2 spiro atoms. The van der Waals surface area contributed by atoms with Crippen LogP contribution >= 0.6 is 0 Å². The van der Waals surface area contributed by atoms with Gasteiger partial charge in [-0.1, -0.05) is 0 Å². The second-order valence-corrected chi connectivity index (χ2v) is 4.63. The third-order valence-electron chi connectivity index (χ3n) is 3.78. The molecule has 0 aromatic carbocycles. The van der Waals surface area contributed by atoms with Crippen molar-refractivity contribution in [3.63, 3.8) is 0 Å². The summed E-state index contributed by atoms with van der Waals surface area (Å²) in [5.74, 6) is 0. The van der Waals surface area contributed by atoms with Crippen LogP contribution in [-0.2, 0) is 0 Å². The highest BCUT2D eigenvalue weighted by Crippen LogP contribution is 2.56.